The number of nitrogens with zero attached hydrogens (tertiary/aromatic N) is 1. The minimum Gasteiger partial charge on any atom is -0.368 e. The molecule has 2 aliphatic rings. The van der Waals surface area contributed by atoms with Gasteiger partial charge >= 0.3 is 0 Å². The van der Waals surface area contributed by atoms with Crippen molar-refractivity contribution in [1.82, 2.24) is 5.32 Å². The first-order valence-electron chi connectivity index (χ1n) is 7.04. The number of anilines is 1. The van der Waals surface area contributed by atoms with E-state index in [0.717, 1.165) is 36.8 Å². The van der Waals surface area contributed by atoms with Crippen LogP contribution < -0.4 is 10.2 Å². The van der Waals surface area contributed by atoms with Crippen molar-refractivity contribution in [3.05, 3.63) is 28.7 Å². The van der Waals surface area contributed by atoms with Crippen molar-refractivity contribution in [3.63, 3.8) is 0 Å². The maximum absolute atomic E-state index is 12.0. The summed E-state index contributed by atoms with van der Waals surface area (Å²) in [6.45, 7) is 1.93. The lowest BCUT2D eigenvalue weighted by molar-refractivity contribution is -0.127. The number of carbonyl (C=O) groups is 1. The van der Waals surface area contributed by atoms with E-state index in [-0.39, 0.29) is 11.8 Å². The third-order valence-corrected chi connectivity index (χ3v) is 4.87. The van der Waals surface area contributed by atoms with E-state index in [1.165, 1.54) is 12.1 Å². The number of para-hydroxylation sites is 1. The van der Waals surface area contributed by atoms with Crippen LogP contribution in [0.2, 0.25) is 0 Å². The summed E-state index contributed by atoms with van der Waals surface area (Å²) in [5.41, 5.74) is 1.22. The van der Waals surface area contributed by atoms with Crippen molar-refractivity contribution in [3.8, 4) is 0 Å². The van der Waals surface area contributed by atoms with Gasteiger partial charge in [-0.3, -0.25) is 4.79 Å². The molecule has 1 aliphatic carbocycles. The first kappa shape index (κ1) is 13.0. The molecule has 2 fully saturated rings. The lowest BCUT2D eigenvalue weighted by Gasteiger charge is -2.26. The molecule has 4 heteroatoms. The highest BCUT2D eigenvalue weighted by molar-refractivity contribution is 9.10. The summed E-state index contributed by atoms with van der Waals surface area (Å²) >= 11 is 3.59. The van der Waals surface area contributed by atoms with Crippen molar-refractivity contribution in [2.24, 2.45) is 5.92 Å². The third kappa shape index (κ3) is 2.78. The number of nitrogens with one attached hydrogen (secondary N) is 1. The van der Waals surface area contributed by atoms with Gasteiger partial charge in [-0.1, -0.05) is 18.6 Å². The lowest BCUT2D eigenvalue weighted by atomic mass is 9.84. The molecule has 1 aromatic carbocycles. The van der Waals surface area contributed by atoms with Gasteiger partial charge in [-0.2, -0.15) is 0 Å². The first-order valence-corrected chi connectivity index (χ1v) is 7.83. The molecule has 1 aliphatic heterocycles. The smallest absolute Gasteiger partial charge is 0.223 e. The summed E-state index contributed by atoms with van der Waals surface area (Å²) in [7, 11) is 0. The molecule has 0 bridgehead atoms. The van der Waals surface area contributed by atoms with Gasteiger partial charge in [0, 0.05) is 29.5 Å². The number of benzene rings is 1. The molecule has 0 aromatic heterocycles. The van der Waals surface area contributed by atoms with E-state index in [9.17, 15) is 4.79 Å². The average Bonchev–Trinajstić information content (AvgIpc) is 2.75. The van der Waals surface area contributed by atoms with Crippen LogP contribution in [0, 0.1) is 5.92 Å². The van der Waals surface area contributed by atoms with E-state index in [1.807, 2.05) is 6.07 Å². The molecule has 3 rings (SSSR count). The van der Waals surface area contributed by atoms with Gasteiger partial charge in [0.05, 0.1) is 5.69 Å². The van der Waals surface area contributed by atoms with Crippen LogP contribution >= 0.6 is 15.9 Å². The molecule has 3 nitrogen and oxygen atoms in total. The van der Waals surface area contributed by atoms with E-state index in [0.29, 0.717) is 6.04 Å². The third-order valence-electron chi connectivity index (χ3n) is 4.20. The van der Waals surface area contributed by atoms with Gasteiger partial charge in [0.1, 0.15) is 0 Å². The maximum Gasteiger partial charge on any atom is 0.223 e. The van der Waals surface area contributed by atoms with Crippen LogP contribution in [0.15, 0.2) is 28.7 Å². The first-order chi connectivity index (χ1) is 9.24. The molecule has 1 atom stereocenters. The number of halogens is 1. The van der Waals surface area contributed by atoms with Crippen LogP contribution in [0.4, 0.5) is 5.69 Å². The molecular weight excluding hydrogens is 304 g/mol. The number of carbonyl (C=O) groups excluding carboxylic acids is 1. The molecule has 1 aromatic rings. The maximum atomic E-state index is 12.0. The summed E-state index contributed by atoms with van der Waals surface area (Å²) < 4.78 is 1.13. The van der Waals surface area contributed by atoms with Gasteiger partial charge in [-0.05, 0) is 47.3 Å². The second kappa shape index (κ2) is 5.53. The zero-order valence-corrected chi connectivity index (χ0v) is 12.5. The van der Waals surface area contributed by atoms with Gasteiger partial charge in [0.15, 0.2) is 0 Å². The molecule has 102 valence electrons. The van der Waals surface area contributed by atoms with Gasteiger partial charge in [0.2, 0.25) is 5.91 Å². The van der Waals surface area contributed by atoms with Crippen molar-refractivity contribution in [2.75, 3.05) is 18.0 Å². The topological polar surface area (TPSA) is 32.3 Å². The Morgan fingerprint density at radius 2 is 2.05 bits per heavy atom. The number of hydrogen-bond donors (Lipinski definition) is 1. The number of rotatable bonds is 3. The molecule has 1 N–H and O–H groups in total. The van der Waals surface area contributed by atoms with Crippen molar-refractivity contribution in [1.29, 1.82) is 0 Å². The Balaban J connectivity index is 1.58. The highest BCUT2D eigenvalue weighted by atomic mass is 79.9. The van der Waals surface area contributed by atoms with E-state index in [4.69, 9.17) is 0 Å². The van der Waals surface area contributed by atoms with Crippen LogP contribution in [0.25, 0.3) is 0 Å². The predicted octanol–water partition coefficient (Wildman–Crippen LogP) is 2.94. The fraction of sp³-hybridized carbons (Fsp3) is 0.533. The Kier molecular flexibility index (Phi) is 3.78. The molecule has 1 heterocycles. The highest BCUT2D eigenvalue weighted by Gasteiger charge is 2.30. The second-order valence-corrected chi connectivity index (χ2v) is 6.37. The lowest BCUT2D eigenvalue weighted by Crippen LogP contribution is -2.42. The number of amides is 1. The van der Waals surface area contributed by atoms with Crippen molar-refractivity contribution < 1.29 is 4.79 Å². The van der Waals surface area contributed by atoms with Crippen LogP contribution in [-0.4, -0.2) is 25.0 Å². The fourth-order valence-corrected chi connectivity index (χ4v) is 3.33. The standard InChI is InChI=1S/C15H19BrN2O/c16-13-6-1-2-7-14(13)18-9-8-12(10-18)17-15(19)11-4-3-5-11/h1-2,6-7,11-12H,3-5,8-10H2,(H,17,19). The molecule has 1 amide bonds. The molecular formula is C15H19BrN2O. The molecule has 19 heavy (non-hydrogen) atoms. The summed E-state index contributed by atoms with van der Waals surface area (Å²) in [6.07, 6.45) is 4.41. The fourth-order valence-electron chi connectivity index (χ4n) is 2.79. The minimum absolute atomic E-state index is 0.269. The Labute approximate surface area is 122 Å². The number of hydrogen-bond acceptors (Lipinski definition) is 2. The van der Waals surface area contributed by atoms with E-state index in [1.54, 1.807) is 0 Å². The normalized spacial score (nSPS) is 23.2. The Morgan fingerprint density at radius 3 is 2.74 bits per heavy atom. The highest BCUT2D eigenvalue weighted by Crippen LogP contribution is 2.30. The molecule has 1 saturated heterocycles. The quantitative estimate of drug-likeness (QED) is 0.928. The van der Waals surface area contributed by atoms with Crippen LogP contribution in [-0.2, 0) is 4.79 Å². The minimum atomic E-state index is 0.269. The summed E-state index contributed by atoms with van der Waals surface area (Å²) in [5.74, 6) is 0.558. The monoisotopic (exact) mass is 322 g/mol. The molecule has 1 unspecified atom stereocenters. The Bertz CT molecular complexity index is 473. The summed E-state index contributed by atoms with van der Waals surface area (Å²) in [6, 6.07) is 8.58. The van der Waals surface area contributed by atoms with Crippen LogP contribution in [0.3, 0.4) is 0 Å². The Hall–Kier alpha value is -1.03. The van der Waals surface area contributed by atoms with Crippen molar-refractivity contribution in [2.45, 2.75) is 31.7 Å². The van der Waals surface area contributed by atoms with E-state index >= 15 is 0 Å². The predicted molar refractivity (Wildman–Crippen MR) is 80.2 cm³/mol. The van der Waals surface area contributed by atoms with E-state index < -0.39 is 0 Å². The Morgan fingerprint density at radius 1 is 1.26 bits per heavy atom. The zero-order chi connectivity index (χ0) is 13.2. The summed E-state index contributed by atoms with van der Waals surface area (Å²) in [4.78, 5) is 14.3. The van der Waals surface area contributed by atoms with Gasteiger partial charge < -0.3 is 10.2 Å². The molecule has 0 spiro atoms. The largest absolute Gasteiger partial charge is 0.368 e. The average molecular weight is 323 g/mol. The van der Waals surface area contributed by atoms with E-state index in [2.05, 4.69) is 44.3 Å². The van der Waals surface area contributed by atoms with Crippen LogP contribution in [0.1, 0.15) is 25.7 Å². The SMILES string of the molecule is O=C(NC1CCN(c2ccccc2Br)C1)C1CCC1. The molecule has 0 radical (unpaired) electrons. The van der Waals surface area contributed by atoms with Gasteiger partial charge in [-0.25, -0.2) is 0 Å². The van der Waals surface area contributed by atoms with Gasteiger partial charge in [0.25, 0.3) is 0 Å². The van der Waals surface area contributed by atoms with Gasteiger partial charge in [-0.15, -0.1) is 0 Å². The second-order valence-electron chi connectivity index (χ2n) is 5.52. The molecule has 1 saturated carbocycles. The van der Waals surface area contributed by atoms with Crippen LogP contribution in [0.5, 0.6) is 0 Å². The van der Waals surface area contributed by atoms with Crippen molar-refractivity contribution >= 4 is 27.5 Å². The summed E-state index contributed by atoms with van der Waals surface area (Å²) in [5, 5.41) is 3.20. The zero-order valence-electron chi connectivity index (χ0n) is 10.9.